The van der Waals surface area contributed by atoms with Crippen molar-refractivity contribution in [3.8, 4) is 11.1 Å². The molecule has 1 saturated carbocycles. The molecule has 38 heavy (non-hydrogen) atoms. The second kappa shape index (κ2) is 8.39. The van der Waals surface area contributed by atoms with E-state index in [2.05, 4.69) is 15.3 Å². The van der Waals surface area contributed by atoms with Crippen molar-refractivity contribution in [1.29, 1.82) is 0 Å². The lowest BCUT2D eigenvalue weighted by atomic mass is 9.95. The number of carbonyl (C=O) groups is 2. The molecule has 2 aliphatic heterocycles. The van der Waals surface area contributed by atoms with E-state index in [1.165, 1.54) is 29.3 Å². The Morgan fingerprint density at radius 3 is 2.63 bits per heavy atom. The molecule has 1 aromatic carbocycles. The van der Waals surface area contributed by atoms with E-state index in [1.807, 2.05) is 0 Å². The Kier molecular flexibility index (Phi) is 5.43. The van der Waals surface area contributed by atoms with Crippen LogP contribution in [0.1, 0.15) is 25.0 Å². The highest BCUT2D eigenvalue weighted by molar-refractivity contribution is 6.30. The molecule has 12 heteroatoms. The van der Waals surface area contributed by atoms with E-state index in [0.717, 1.165) is 11.0 Å². The van der Waals surface area contributed by atoms with Gasteiger partial charge in [-0.2, -0.15) is 4.39 Å². The van der Waals surface area contributed by atoms with Crippen LogP contribution in [0.4, 0.5) is 34.8 Å². The zero-order valence-corrected chi connectivity index (χ0v) is 20.7. The lowest BCUT2D eigenvalue weighted by Gasteiger charge is -2.41. The first-order valence-electron chi connectivity index (χ1n) is 11.8. The van der Waals surface area contributed by atoms with Crippen LogP contribution in [0, 0.1) is 17.2 Å². The number of halogens is 5. The van der Waals surface area contributed by atoms with Crippen LogP contribution >= 0.6 is 11.6 Å². The second-order valence-electron chi connectivity index (χ2n) is 9.94. The normalized spacial score (nSPS) is 20.4. The molecule has 1 spiro atoms. The van der Waals surface area contributed by atoms with Crippen LogP contribution in [0.3, 0.4) is 0 Å². The number of alkyl halides is 2. The van der Waals surface area contributed by atoms with Crippen LogP contribution in [0.5, 0.6) is 0 Å². The number of hydrogen-bond acceptors (Lipinski definition) is 5. The average Bonchev–Trinajstić information content (AvgIpc) is 3.46. The van der Waals surface area contributed by atoms with Crippen LogP contribution in [-0.2, 0) is 9.59 Å². The molecule has 1 saturated heterocycles. The summed E-state index contributed by atoms with van der Waals surface area (Å²) >= 11 is 5.70. The summed E-state index contributed by atoms with van der Waals surface area (Å²) in [5, 5.41) is 2.40. The molecule has 3 aliphatic rings. The van der Waals surface area contributed by atoms with Crippen LogP contribution in [0.2, 0.25) is 5.02 Å². The van der Waals surface area contributed by atoms with Crippen molar-refractivity contribution in [3.05, 3.63) is 65.1 Å². The first-order chi connectivity index (χ1) is 18.0. The SMILES string of the molecule is CC1C(=O)N(CC(=O)Nc2ccc(Cl)c(F)c2)c2cc(N3CC4(C3)CC4(F)F)nc(F)c2-c2cccnc21. The molecule has 2 aromatic heterocycles. The molecular formula is C26H20ClF4N5O2. The van der Waals surface area contributed by atoms with Gasteiger partial charge in [0.15, 0.2) is 0 Å². The summed E-state index contributed by atoms with van der Waals surface area (Å²) in [7, 11) is 0. The summed E-state index contributed by atoms with van der Waals surface area (Å²) < 4.78 is 57.0. The topological polar surface area (TPSA) is 78.4 Å². The van der Waals surface area contributed by atoms with Gasteiger partial charge >= 0.3 is 0 Å². The smallest absolute Gasteiger partial charge is 0.258 e. The number of anilines is 3. The molecule has 7 nitrogen and oxygen atoms in total. The summed E-state index contributed by atoms with van der Waals surface area (Å²) in [5.41, 5.74) is -0.294. The minimum absolute atomic E-state index is 0.0103. The zero-order valence-electron chi connectivity index (χ0n) is 19.9. The molecule has 1 aliphatic carbocycles. The number of benzene rings is 1. The number of carbonyl (C=O) groups excluding carboxylic acids is 2. The van der Waals surface area contributed by atoms with Crippen LogP contribution < -0.4 is 15.1 Å². The second-order valence-corrected chi connectivity index (χ2v) is 10.3. The van der Waals surface area contributed by atoms with Crippen molar-refractivity contribution in [2.24, 2.45) is 5.41 Å². The van der Waals surface area contributed by atoms with Crippen molar-refractivity contribution in [3.63, 3.8) is 0 Å². The third-order valence-corrected chi connectivity index (χ3v) is 7.72. The molecule has 0 radical (unpaired) electrons. The molecule has 2 fully saturated rings. The van der Waals surface area contributed by atoms with Crippen molar-refractivity contribution < 1.29 is 27.2 Å². The van der Waals surface area contributed by atoms with Gasteiger partial charge in [0.2, 0.25) is 17.8 Å². The molecule has 0 bridgehead atoms. The van der Waals surface area contributed by atoms with Gasteiger partial charge in [0, 0.05) is 43.0 Å². The molecule has 4 heterocycles. The predicted octanol–water partition coefficient (Wildman–Crippen LogP) is 5.01. The maximum atomic E-state index is 15.7. The number of aromatic nitrogens is 2. The summed E-state index contributed by atoms with van der Waals surface area (Å²) in [6.07, 6.45) is 1.26. The molecule has 3 aromatic rings. The number of rotatable bonds is 4. The Bertz CT molecular complexity index is 1510. The molecule has 6 rings (SSSR count). The van der Waals surface area contributed by atoms with E-state index in [4.69, 9.17) is 11.6 Å². The Morgan fingerprint density at radius 2 is 1.95 bits per heavy atom. The third-order valence-electron chi connectivity index (χ3n) is 7.41. The summed E-state index contributed by atoms with van der Waals surface area (Å²) in [5.74, 6) is -6.34. The molecule has 1 atom stereocenters. The lowest BCUT2D eigenvalue weighted by Crippen LogP contribution is -2.52. The number of nitrogens with one attached hydrogen (secondary N) is 1. The highest BCUT2D eigenvalue weighted by Gasteiger charge is 2.76. The minimum atomic E-state index is -2.75. The van der Waals surface area contributed by atoms with Gasteiger partial charge in [-0.05, 0) is 31.2 Å². The largest absolute Gasteiger partial charge is 0.355 e. The van der Waals surface area contributed by atoms with Gasteiger partial charge in [0.1, 0.15) is 18.2 Å². The predicted molar refractivity (Wildman–Crippen MR) is 132 cm³/mol. The molecule has 2 amide bonds. The lowest BCUT2D eigenvalue weighted by molar-refractivity contribution is -0.122. The van der Waals surface area contributed by atoms with Crippen molar-refractivity contribution in [2.45, 2.75) is 25.2 Å². The maximum Gasteiger partial charge on any atom is 0.258 e. The molecule has 1 unspecified atom stereocenters. The van der Waals surface area contributed by atoms with Crippen LogP contribution in [-0.4, -0.2) is 47.3 Å². The van der Waals surface area contributed by atoms with Gasteiger partial charge in [-0.3, -0.25) is 14.6 Å². The summed E-state index contributed by atoms with van der Waals surface area (Å²) in [6.45, 7) is 1.09. The summed E-state index contributed by atoms with van der Waals surface area (Å²) in [4.78, 5) is 37.6. The Morgan fingerprint density at radius 1 is 1.21 bits per heavy atom. The first kappa shape index (κ1) is 24.6. The van der Waals surface area contributed by atoms with Gasteiger partial charge in [0.25, 0.3) is 5.92 Å². The Balaban J connectivity index is 1.38. The van der Waals surface area contributed by atoms with E-state index in [9.17, 15) is 22.8 Å². The fourth-order valence-corrected chi connectivity index (χ4v) is 5.33. The van der Waals surface area contributed by atoms with Gasteiger partial charge in [-0.25, -0.2) is 18.2 Å². The highest BCUT2D eigenvalue weighted by Crippen LogP contribution is 2.65. The molecular weight excluding hydrogens is 526 g/mol. The number of pyridine rings is 2. The third kappa shape index (κ3) is 3.79. The number of amides is 2. The number of fused-ring (bicyclic) bond motifs is 3. The zero-order chi connectivity index (χ0) is 27.0. The van der Waals surface area contributed by atoms with Crippen molar-refractivity contribution in [1.82, 2.24) is 9.97 Å². The monoisotopic (exact) mass is 545 g/mol. The standard InChI is InChI=1S/C26H20ClF4N5O2/c1-13-22-15(3-2-6-32-22)21-18(8-19(34-23(21)29)35-11-25(12-35)10-26(25,30)31)36(24(13)38)9-20(37)33-14-4-5-16(27)17(28)7-14/h2-8,13H,9-12H2,1H3,(H,33,37). The fourth-order valence-electron chi connectivity index (χ4n) is 5.21. The van der Waals surface area contributed by atoms with Gasteiger partial charge in [-0.15, -0.1) is 0 Å². The fraction of sp³-hybridized carbons (Fsp3) is 0.308. The summed E-state index contributed by atoms with van der Waals surface area (Å²) in [6, 6.07) is 8.36. The Hall–Kier alpha value is -3.73. The van der Waals surface area contributed by atoms with E-state index in [-0.39, 0.29) is 47.3 Å². The van der Waals surface area contributed by atoms with Gasteiger partial charge in [0.05, 0.1) is 33.3 Å². The maximum absolute atomic E-state index is 15.7. The molecule has 196 valence electrons. The van der Waals surface area contributed by atoms with E-state index in [0.29, 0.717) is 11.3 Å². The quantitative estimate of drug-likeness (QED) is 0.368. The minimum Gasteiger partial charge on any atom is -0.355 e. The average molecular weight is 546 g/mol. The van der Waals surface area contributed by atoms with Gasteiger partial charge in [-0.1, -0.05) is 17.7 Å². The Labute approximate surface area is 219 Å². The van der Waals surface area contributed by atoms with E-state index < -0.39 is 47.4 Å². The van der Waals surface area contributed by atoms with Crippen molar-refractivity contribution in [2.75, 3.05) is 34.8 Å². The molecule has 1 N–H and O–H groups in total. The van der Waals surface area contributed by atoms with Crippen LogP contribution in [0.15, 0.2) is 42.6 Å². The number of hydrogen-bond donors (Lipinski definition) is 1. The van der Waals surface area contributed by atoms with Crippen molar-refractivity contribution >= 4 is 40.6 Å². The highest BCUT2D eigenvalue weighted by atomic mass is 35.5. The number of nitrogens with zero attached hydrogens (tertiary/aromatic N) is 4. The van der Waals surface area contributed by atoms with Gasteiger partial charge < -0.3 is 15.1 Å². The van der Waals surface area contributed by atoms with Crippen LogP contribution in [0.25, 0.3) is 11.1 Å². The van der Waals surface area contributed by atoms with E-state index >= 15 is 4.39 Å². The van der Waals surface area contributed by atoms with E-state index in [1.54, 1.807) is 19.1 Å². The first-order valence-corrected chi connectivity index (χ1v) is 12.2.